The fourth-order valence-corrected chi connectivity index (χ4v) is 2.59. The van der Waals surface area contributed by atoms with Gasteiger partial charge < -0.3 is 5.11 Å². The first-order valence-electron chi connectivity index (χ1n) is 6.54. The van der Waals surface area contributed by atoms with Crippen molar-refractivity contribution in [1.29, 1.82) is 0 Å². The number of rotatable bonds is 6. The van der Waals surface area contributed by atoms with Crippen LogP contribution in [-0.2, 0) is 11.2 Å². The first-order chi connectivity index (χ1) is 9.66. The molecule has 0 aliphatic rings. The minimum Gasteiger partial charge on any atom is -0.481 e. The van der Waals surface area contributed by atoms with Crippen LogP contribution in [0.4, 0.5) is 0 Å². The van der Waals surface area contributed by atoms with Crippen molar-refractivity contribution in [3.8, 4) is 0 Å². The maximum absolute atomic E-state index is 11.4. The molecule has 3 nitrogen and oxygen atoms in total. The number of carboxylic acid groups (broad SMARTS) is 1. The molecule has 0 aliphatic carbocycles. The van der Waals surface area contributed by atoms with Gasteiger partial charge in [0, 0.05) is 16.9 Å². The van der Waals surface area contributed by atoms with Crippen molar-refractivity contribution in [2.45, 2.75) is 25.2 Å². The van der Waals surface area contributed by atoms with Gasteiger partial charge in [-0.25, -0.2) is 0 Å². The number of aryl methyl sites for hydroxylation is 1. The number of hydrogen-bond donors (Lipinski definition) is 1. The number of aromatic nitrogens is 1. The van der Waals surface area contributed by atoms with Gasteiger partial charge in [-0.3, -0.25) is 9.78 Å². The summed E-state index contributed by atoms with van der Waals surface area (Å²) < 4.78 is 0.810. The number of carbonyl (C=O) groups is 1. The first-order valence-corrected chi connectivity index (χ1v) is 7.33. The third-order valence-electron chi connectivity index (χ3n) is 3.23. The lowest BCUT2D eigenvalue weighted by Gasteiger charge is -2.12. The summed E-state index contributed by atoms with van der Waals surface area (Å²) in [6.45, 7) is 0. The van der Waals surface area contributed by atoms with Gasteiger partial charge >= 0.3 is 5.97 Å². The average Bonchev–Trinajstić information content (AvgIpc) is 2.44. The normalized spacial score (nSPS) is 12.1. The summed E-state index contributed by atoms with van der Waals surface area (Å²) >= 11 is 3.33. The minimum atomic E-state index is -0.794. The van der Waals surface area contributed by atoms with Gasteiger partial charge in [0.05, 0.1) is 5.92 Å². The molecule has 1 aromatic heterocycles. The van der Waals surface area contributed by atoms with Gasteiger partial charge in [-0.1, -0.05) is 30.3 Å². The standard InChI is InChI=1S/C16H16BrNO2/c17-14-9-13(10-18-11-14)15(16(19)20)8-4-7-12-5-2-1-3-6-12/h1-3,5-6,9-11,15H,4,7-8H2,(H,19,20). The van der Waals surface area contributed by atoms with Crippen LogP contribution in [0.1, 0.15) is 29.9 Å². The van der Waals surface area contributed by atoms with Gasteiger partial charge in [-0.15, -0.1) is 0 Å². The SMILES string of the molecule is O=C(O)C(CCCc1ccccc1)c1cncc(Br)c1. The topological polar surface area (TPSA) is 50.2 Å². The van der Waals surface area contributed by atoms with Crippen LogP contribution in [-0.4, -0.2) is 16.1 Å². The van der Waals surface area contributed by atoms with E-state index in [0.29, 0.717) is 6.42 Å². The van der Waals surface area contributed by atoms with Crippen molar-refractivity contribution in [1.82, 2.24) is 4.98 Å². The molecule has 104 valence electrons. The monoisotopic (exact) mass is 333 g/mol. The Morgan fingerprint density at radius 1 is 1.25 bits per heavy atom. The molecular weight excluding hydrogens is 318 g/mol. The third kappa shape index (κ3) is 4.17. The molecule has 1 unspecified atom stereocenters. The molecule has 0 aliphatic heterocycles. The molecule has 0 saturated heterocycles. The Labute approximate surface area is 126 Å². The highest BCUT2D eigenvalue weighted by molar-refractivity contribution is 9.10. The first kappa shape index (κ1) is 14.7. The van der Waals surface area contributed by atoms with Gasteiger partial charge in [0.25, 0.3) is 0 Å². The van der Waals surface area contributed by atoms with E-state index in [1.54, 1.807) is 12.4 Å². The van der Waals surface area contributed by atoms with Gasteiger partial charge in [-0.05, 0) is 52.4 Å². The lowest BCUT2D eigenvalue weighted by atomic mass is 9.94. The van der Waals surface area contributed by atoms with Crippen LogP contribution in [0.5, 0.6) is 0 Å². The summed E-state index contributed by atoms with van der Waals surface area (Å²) in [5.41, 5.74) is 1.99. The van der Waals surface area contributed by atoms with E-state index >= 15 is 0 Å². The summed E-state index contributed by atoms with van der Waals surface area (Å²) in [6.07, 6.45) is 5.64. The van der Waals surface area contributed by atoms with Crippen LogP contribution < -0.4 is 0 Å². The highest BCUT2D eigenvalue weighted by Gasteiger charge is 2.19. The average molecular weight is 334 g/mol. The smallest absolute Gasteiger partial charge is 0.311 e. The fraction of sp³-hybridized carbons (Fsp3) is 0.250. The lowest BCUT2D eigenvalue weighted by Crippen LogP contribution is -2.12. The van der Waals surface area contributed by atoms with E-state index in [2.05, 4.69) is 33.0 Å². The molecule has 2 aromatic rings. The predicted molar refractivity (Wildman–Crippen MR) is 81.7 cm³/mol. The van der Waals surface area contributed by atoms with E-state index in [9.17, 15) is 9.90 Å². The molecule has 20 heavy (non-hydrogen) atoms. The highest BCUT2D eigenvalue weighted by Crippen LogP contribution is 2.24. The molecule has 0 amide bonds. The van der Waals surface area contributed by atoms with Crippen LogP contribution in [0.15, 0.2) is 53.3 Å². The van der Waals surface area contributed by atoms with Crippen molar-refractivity contribution in [3.63, 3.8) is 0 Å². The van der Waals surface area contributed by atoms with E-state index in [1.165, 1.54) is 5.56 Å². The van der Waals surface area contributed by atoms with Crippen LogP contribution in [0.25, 0.3) is 0 Å². The van der Waals surface area contributed by atoms with Crippen LogP contribution in [0.2, 0.25) is 0 Å². The molecule has 0 fully saturated rings. The Hall–Kier alpha value is -1.68. The molecule has 1 atom stereocenters. The molecule has 2 rings (SSSR count). The van der Waals surface area contributed by atoms with Crippen molar-refractivity contribution in [3.05, 3.63) is 64.4 Å². The predicted octanol–water partition coefficient (Wildman–Crippen LogP) is 4.04. The summed E-state index contributed by atoms with van der Waals surface area (Å²) in [7, 11) is 0. The number of carboxylic acids is 1. The Balaban J connectivity index is 1.98. The van der Waals surface area contributed by atoms with E-state index in [0.717, 1.165) is 22.9 Å². The summed E-state index contributed by atoms with van der Waals surface area (Å²) in [4.78, 5) is 15.5. The second kappa shape index (κ2) is 7.20. The Morgan fingerprint density at radius 3 is 2.65 bits per heavy atom. The number of aliphatic carboxylic acids is 1. The molecule has 0 bridgehead atoms. The zero-order valence-electron chi connectivity index (χ0n) is 11.0. The molecule has 1 aromatic carbocycles. The zero-order chi connectivity index (χ0) is 14.4. The van der Waals surface area contributed by atoms with E-state index in [1.807, 2.05) is 24.3 Å². The second-order valence-corrected chi connectivity index (χ2v) is 5.62. The quantitative estimate of drug-likeness (QED) is 0.867. The van der Waals surface area contributed by atoms with Crippen molar-refractivity contribution >= 4 is 21.9 Å². The lowest BCUT2D eigenvalue weighted by molar-refractivity contribution is -0.139. The molecule has 0 saturated carbocycles. The second-order valence-electron chi connectivity index (χ2n) is 4.71. The summed E-state index contributed by atoms with van der Waals surface area (Å²) in [6, 6.07) is 11.9. The van der Waals surface area contributed by atoms with Gasteiger partial charge in [0.15, 0.2) is 0 Å². The number of nitrogens with zero attached hydrogens (tertiary/aromatic N) is 1. The summed E-state index contributed by atoms with van der Waals surface area (Å²) in [5.74, 6) is -1.29. The molecule has 0 spiro atoms. The third-order valence-corrected chi connectivity index (χ3v) is 3.66. The van der Waals surface area contributed by atoms with Gasteiger partial charge in [0.1, 0.15) is 0 Å². The van der Waals surface area contributed by atoms with E-state index in [4.69, 9.17) is 0 Å². The largest absolute Gasteiger partial charge is 0.481 e. The fourth-order valence-electron chi connectivity index (χ4n) is 2.21. The number of halogens is 1. The Bertz CT molecular complexity index is 572. The number of benzene rings is 1. The molecular formula is C16H16BrNO2. The van der Waals surface area contributed by atoms with Crippen LogP contribution in [0.3, 0.4) is 0 Å². The minimum absolute atomic E-state index is 0.497. The zero-order valence-corrected chi connectivity index (χ0v) is 12.6. The van der Waals surface area contributed by atoms with Crippen molar-refractivity contribution in [2.75, 3.05) is 0 Å². The Morgan fingerprint density at radius 2 is 2.00 bits per heavy atom. The van der Waals surface area contributed by atoms with E-state index < -0.39 is 11.9 Å². The van der Waals surface area contributed by atoms with Crippen molar-refractivity contribution < 1.29 is 9.90 Å². The molecule has 0 radical (unpaired) electrons. The maximum Gasteiger partial charge on any atom is 0.311 e. The van der Waals surface area contributed by atoms with Crippen LogP contribution in [0, 0.1) is 0 Å². The maximum atomic E-state index is 11.4. The van der Waals surface area contributed by atoms with Gasteiger partial charge in [-0.2, -0.15) is 0 Å². The molecule has 4 heteroatoms. The number of hydrogen-bond acceptors (Lipinski definition) is 2. The highest BCUT2D eigenvalue weighted by atomic mass is 79.9. The molecule has 1 heterocycles. The van der Waals surface area contributed by atoms with Gasteiger partial charge in [0.2, 0.25) is 0 Å². The summed E-state index contributed by atoms with van der Waals surface area (Å²) in [5, 5.41) is 9.37. The Kier molecular flexibility index (Phi) is 5.30. The van der Waals surface area contributed by atoms with Crippen LogP contribution >= 0.6 is 15.9 Å². The molecule has 1 N–H and O–H groups in total. The number of pyridine rings is 1. The van der Waals surface area contributed by atoms with E-state index in [-0.39, 0.29) is 0 Å². The van der Waals surface area contributed by atoms with Crippen molar-refractivity contribution in [2.24, 2.45) is 0 Å².